The highest BCUT2D eigenvalue weighted by Gasteiger charge is 2.57. The highest BCUT2D eigenvalue weighted by atomic mass is 31.3. The summed E-state index contributed by atoms with van der Waals surface area (Å²) >= 11 is 0. The largest absolute Gasteiger partial charge is 0.651 e. The quantitative estimate of drug-likeness (QED) is 0.463. The molecule has 0 aliphatic rings. The predicted octanol–water partition coefficient (Wildman–Crippen LogP) is -1.69. The molecular weight excluding hydrogens is 190 g/mol. The topological polar surface area (TPSA) is 107 Å². The average molecular weight is 202 g/mol. The van der Waals surface area contributed by atoms with E-state index in [1.165, 1.54) is 0 Å². The van der Waals surface area contributed by atoms with Crippen LogP contribution >= 0.6 is 15.4 Å². The molecule has 2 atom stereocenters. The van der Waals surface area contributed by atoms with E-state index in [9.17, 15) is 9.79 Å². The number of rotatable bonds is 2. The van der Waals surface area contributed by atoms with Gasteiger partial charge in [0, 0.05) is 6.92 Å². The summed E-state index contributed by atoms with van der Waals surface area (Å²) in [5.41, 5.74) is 0. The molecule has 0 aromatic heterocycles. The molecule has 0 fully saturated rings. The van der Waals surface area contributed by atoms with Crippen LogP contribution in [0.15, 0.2) is 0 Å². The molecular formula is C4H12O5P2. The van der Waals surface area contributed by atoms with Crippen molar-refractivity contribution < 1.29 is 24.7 Å². The Labute approximate surface area is 66.3 Å². The van der Waals surface area contributed by atoms with Crippen molar-refractivity contribution in [3.05, 3.63) is 0 Å². The van der Waals surface area contributed by atoms with Gasteiger partial charge in [-0.1, -0.05) is 0 Å². The molecule has 0 amide bonds. The van der Waals surface area contributed by atoms with E-state index in [0.29, 0.717) is 0 Å². The lowest BCUT2D eigenvalue weighted by Gasteiger charge is -2.39. The van der Waals surface area contributed by atoms with Gasteiger partial charge in [0.05, 0.1) is 13.3 Å². The van der Waals surface area contributed by atoms with Crippen LogP contribution in [0.5, 0.6) is 0 Å². The van der Waals surface area contributed by atoms with E-state index in [-0.39, 0.29) is 0 Å². The van der Waals surface area contributed by atoms with Gasteiger partial charge in [0.1, 0.15) is 0 Å². The Hall–Kier alpha value is 0.660. The number of hydrogen-bond acceptors (Lipinski definition) is 5. The molecule has 7 heteroatoms. The molecule has 0 aromatic carbocycles. The molecule has 0 saturated heterocycles. The van der Waals surface area contributed by atoms with Gasteiger partial charge in [-0.2, -0.15) is 0 Å². The van der Waals surface area contributed by atoms with Crippen LogP contribution in [0, 0.1) is 0 Å². The van der Waals surface area contributed by atoms with Crippen LogP contribution in [0.3, 0.4) is 0 Å². The Morgan fingerprint density at radius 1 is 1.09 bits per heavy atom. The fraction of sp³-hybridized carbons (Fsp3) is 1.00. The minimum atomic E-state index is -3.95. The average Bonchev–Trinajstić information content (AvgIpc) is 1.58. The number of hydrogen-bond donors (Lipinski definition) is 3. The molecule has 0 heterocycles. The van der Waals surface area contributed by atoms with Crippen molar-refractivity contribution in [3.8, 4) is 0 Å². The fourth-order valence-corrected chi connectivity index (χ4v) is 3.10. The molecule has 2 unspecified atom stereocenters. The van der Waals surface area contributed by atoms with Crippen LogP contribution < -0.4 is 9.79 Å². The lowest BCUT2D eigenvalue weighted by atomic mass is 10.9. The molecule has 0 radical (unpaired) electrons. The Balaban J connectivity index is 4.75. The van der Waals surface area contributed by atoms with Gasteiger partial charge in [-0.05, 0) is 0 Å². The third-order valence-corrected chi connectivity index (χ3v) is 6.94. The van der Waals surface area contributed by atoms with Crippen molar-refractivity contribution in [1.29, 1.82) is 0 Å². The summed E-state index contributed by atoms with van der Waals surface area (Å²) in [5.74, 6) is 0. The van der Waals surface area contributed by atoms with E-state index < -0.39 is 20.5 Å². The highest BCUT2D eigenvalue weighted by Crippen LogP contribution is 2.71. The summed E-state index contributed by atoms with van der Waals surface area (Å²) in [6.45, 7) is 2.58. The number of aliphatic hydroxyl groups is 1. The molecule has 68 valence electrons. The van der Waals surface area contributed by atoms with Crippen LogP contribution in [0.4, 0.5) is 0 Å². The molecule has 0 rings (SSSR count). The molecule has 0 aliphatic heterocycles. The summed E-state index contributed by atoms with van der Waals surface area (Å²) in [4.78, 5) is 39.4. The lowest BCUT2D eigenvalue weighted by Crippen LogP contribution is -2.40. The van der Waals surface area contributed by atoms with Crippen LogP contribution in [0.1, 0.15) is 6.92 Å². The maximum atomic E-state index is 10.9. The first-order valence-corrected chi connectivity index (χ1v) is 7.04. The van der Waals surface area contributed by atoms with Crippen molar-refractivity contribution >= 4 is 15.4 Å². The van der Waals surface area contributed by atoms with Crippen LogP contribution in [0.25, 0.3) is 0 Å². The van der Waals surface area contributed by atoms with Crippen LogP contribution in [0.2, 0.25) is 0 Å². The maximum Gasteiger partial charge on any atom is 0.314 e. The van der Waals surface area contributed by atoms with Crippen molar-refractivity contribution in [1.82, 2.24) is 0 Å². The smallest absolute Gasteiger partial charge is 0.314 e. The van der Waals surface area contributed by atoms with Crippen molar-refractivity contribution in [2.24, 2.45) is 0 Å². The molecule has 11 heavy (non-hydrogen) atoms. The second-order valence-electron chi connectivity index (χ2n) is 2.73. The third-order valence-electron chi connectivity index (χ3n) is 1.57. The molecule has 0 saturated carbocycles. The SMILES string of the molecule is CC(O)([P+](C)([O-])O)[P+](C)([O-])O. The van der Waals surface area contributed by atoms with Crippen molar-refractivity contribution in [2.75, 3.05) is 13.3 Å². The Morgan fingerprint density at radius 3 is 1.27 bits per heavy atom. The summed E-state index contributed by atoms with van der Waals surface area (Å²) in [6, 6.07) is 0. The van der Waals surface area contributed by atoms with Gasteiger partial charge in [-0.25, -0.2) is 9.79 Å². The first-order chi connectivity index (χ1) is 4.50. The highest BCUT2D eigenvalue weighted by molar-refractivity contribution is 7.81. The second kappa shape index (κ2) is 2.86. The maximum absolute atomic E-state index is 10.9. The molecule has 0 bridgehead atoms. The first kappa shape index (κ1) is 11.7. The molecule has 3 N–H and O–H groups in total. The zero-order valence-corrected chi connectivity index (χ0v) is 8.34. The summed E-state index contributed by atoms with van der Waals surface area (Å²) < 4.78 is 0. The zero-order chi connectivity index (χ0) is 9.50. The Morgan fingerprint density at radius 2 is 1.27 bits per heavy atom. The summed E-state index contributed by atoms with van der Waals surface area (Å²) in [5, 5.41) is 6.76. The predicted molar refractivity (Wildman–Crippen MR) is 40.7 cm³/mol. The lowest BCUT2D eigenvalue weighted by molar-refractivity contribution is -0.216. The zero-order valence-electron chi connectivity index (χ0n) is 6.55. The second-order valence-corrected chi connectivity index (χ2v) is 8.34. The van der Waals surface area contributed by atoms with E-state index in [2.05, 4.69) is 0 Å². The minimum absolute atomic E-state index is 0.847. The Bertz CT molecular complexity index is 128. The minimum Gasteiger partial charge on any atom is -0.651 e. The third kappa shape index (κ3) is 2.30. The molecule has 0 spiro atoms. The summed E-state index contributed by atoms with van der Waals surface area (Å²) in [7, 11) is -7.90. The molecule has 0 aromatic rings. The van der Waals surface area contributed by atoms with Crippen molar-refractivity contribution in [2.45, 2.75) is 12.0 Å². The van der Waals surface area contributed by atoms with Crippen LogP contribution in [-0.2, 0) is 0 Å². The summed E-state index contributed by atoms with van der Waals surface area (Å²) in [6.07, 6.45) is 0. The molecule has 0 aliphatic carbocycles. The van der Waals surface area contributed by atoms with E-state index in [4.69, 9.17) is 14.9 Å². The van der Waals surface area contributed by atoms with Gasteiger partial charge in [-0.3, -0.25) is 0 Å². The van der Waals surface area contributed by atoms with Gasteiger partial charge in [0.2, 0.25) is 0 Å². The van der Waals surface area contributed by atoms with Gasteiger partial charge in [0.25, 0.3) is 0 Å². The van der Waals surface area contributed by atoms with E-state index in [1.807, 2.05) is 0 Å². The van der Waals surface area contributed by atoms with Gasteiger partial charge >= 0.3 is 5.08 Å². The van der Waals surface area contributed by atoms with Gasteiger partial charge in [0.15, 0.2) is 15.4 Å². The van der Waals surface area contributed by atoms with Crippen LogP contribution in [-0.4, -0.2) is 33.3 Å². The standard InChI is InChI=1S/C4H12O5P2/c1-4(5,10(2,6)7)11(3,8)9/h5H,1-3H3,(H,6,7)(H,8,9). The van der Waals surface area contributed by atoms with E-state index >= 15 is 0 Å². The first-order valence-electron chi connectivity index (χ1n) is 2.83. The van der Waals surface area contributed by atoms with Crippen molar-refractivity contribution in [3.63, 3.8) is 0 Å². The van der Waals surface area contributed by atoms with Gasteiger partial charge < -0.3 is 14.9 Å². The Kier molecular flexibility index (Phi) is 3.03. The fourth-order valence-electron chi connectivity index (χ4n) is 0.344. The van der Waals surface area contributed by atoms with E-state index in [1.54, 1.807) is 0 Å². The van der Waals surface area contributed by atoms with Gasteiger partial charge in [-0.15, -0.1) is 0 Å². The normalized spacial score (nSPS) is 28.4. The molecule has 5 nitrogen and oxygen atoms in total. The van der Waals surface area contributed by atoms with E-state index in [0.717, 1.165) is 20.3 Å². The monoisotopic (exact) mass is 202 g/mol.